The van der Waals surface area contributed by atoms with Crippen LogP contribution in [0.5, 0.6) is 5.75 Å². The predicted octanol–water partition coefficient (Wildman–Crippen LogP) is 5.68. The Morgan fingerprint density at radius 2 is 1.97 bits per heavy atom. The number of carbonyl (C=O) groups is 2. The highest BCUT2D eigenvalue weighted by atomic mass is 32.2. The molecule has 7 heteroatoms. The molecule has 0 spiro atoms. The van der Waals surface area contributed by atoms with E-state index >= 15 is 0 Å². The molecular weight excluding hydrogens is 430 g/mol. The van der Waals surface area contributed by atoms with E-state index in [1.807, 2.05) is 30.3 Å². The van der Waals surface area contributed by atoms with Crippen molar-refractivity contribution in [3.63, 3.8) is 0 Å². The maximum Gasteiger partial charge on any atom is 0.344 e. The van der Waals surface area contributed by atoms with Gasteiger partial charge >= 0.3 is 5.97 Å². The zero-order chi connectivity index (χ0) is 22.4. The van der Waals surface area contributed by atoms with E-state index in [-0.39, 0.29) is 5.91 Å². The molecule has 1 aliphatic rings. The van der Waals surface area contributed by atoms with Gasteiger partial charge in [-0.3, -0.25) is 9.69 Å². The van der Waals surface area contributed by atoms with Gasteiger partial charge in [0, 0.05) is 0 Å². The number of carboxylic acid groups (broad SMARTS) is 1. The van der Waals surface area contributed by atoms with Gasteiger partial charge in [0.1, 0.15) is 5.75 Å². The summed E-state index contributed by atoms with van der Waals surface area (Å²) in [6.07, 6.45) is 4.50. The Labute approximate surface area is 192 Å². The van der Waals surface area contributed by atoms with Crippen molar-refractivity contribution in [1.82, 2.24) is 0 Å². The number of ether oxygens (including phenoxy) is 1. The molecular formula is C24H25NO4S2. The molecule has 5 nitrogen and oxygen atoms in total. The maximum absolute atomic E-state index is 13.0. The van der Waals surface area contributed by atoms with E-state index in [0.29, 0.717) is 21.4 Å². The van der Waals surface area contributed by atoms with Crippen molar-refractivity contribution in [2.45, 2.75) is 45.6 Å². The fraction of sp³-hybridized carbons (Fsp3) is 0.292. The van der Waals surface area contributed by atoms with Gasteiger partial charge in [-0.1, -0.05) is 68.5 Å². The number of aryl methyl sites for hydroxylation is 1. The molecule has 2 aromatic carbocycles. The van der Waals surface area contributed by atoms with Crippen molar-refractivity contribution in [1.29, 1.82) is 0 Å². The van der Waals surface area contributed by atoms with Crippen molar-refractivity contribution in [3.8, 4) is 5.75 Å². The van der Waals surface area contributed by atoms with E-state index in [0.717, 1.165) is 30.5 Å². The minimum absolute atomic E-state index is 0.167. The Morgan fingerprint density at radius 3 is 2.61 bits per heavy atom. The van der Waals surface area contributed by atoms with Gasteiger partial charge in [-0.25, -0.2) is 4.79 Å². The summed E-state index contributed by atoms with van der Waals surface area (Å²) in [6, 6.07) is 15.0. The molecule has 0 bridgehead atoms. The summed E-state index contributed by atoms with van der Waals surface area (Å²) >= 11 is 6.71. The van der Waals surface area contributed by atoms with Crippen molar-refractivity contribution in [3.05, 3.63) is 64.6 Å². The van der Waals surface area contributed by atoms with Crippen LogP contribution in [0, 0.1) is 0 Å². The molecule has 1 amide bonds. The van der Waals surface area contributed by atoms with Crippen molar-refractivity contribution >= 4 is 51.9 Å². The van der Waals surface area contributed by atoms with Crippen LogP contribution in [0.1, 0.15) is 44.2 Å². The first-order valence-electron chi connectivity index (χ1n) is 10.3. The number of aliphatic carboxylic acids is 1. The summed E-state index contributed by atoms with van der Waals surface area (Å²) in [5.74, 6) is -0.727. The number of anilines is 1. The van der Waals surface area contributed by atoms with Gasteiger partial charge in [0.2, 0.25) is 0 Å². The molecule has 1 aliphatic heterocycles. The number of amides is 1. The van der Waals surface area contributed by atoms with Crippen LogP contribution in [-0.2, 0) is 16.0 Å². The van der Waals surface area contributed by atoms with Crippen molar-refractivity contribution < 1.29 is 19.4 Å². The SMILES string of the molecule is CCCCc1ccc(N2C(=O)/C(=C\c3cccc(OC(CC)C(=O)O)c3)SC2=S)cc1. The van der Waals surface area contributed by atoms with E-state index in [2.05, 4.69) is 6.92 Å². The largest absolute Gasteiger partial charge is 0.479 e. The summed E-state index contributed by atoms with van der Waals surface area (Å²) in [5, 5.41) is 9.19. The Bertz CT molecular complexity index is 1000. The standard InChI is InChI=1S/C24H25NO4S2/c1-3-5-7-16-10-12-18(13-11-16)25-22(26)21(31-24(25)30)15-17-8-6-9-19(14-17)29-20(4-2)23(27)28/h6,8-15,20H,3-5,7H2,1-2H3,(H,27,28)/b21-15+. The molecule has 0 aromatic heterocycles. The molecule has 1 fully saturated rings. The average molecular weight is 456 g/mol. The third-order valence-electron chi connectivity index (χ3n) is 4.89. The van der Waals surface area contributed by atoms with Crippen LogP contribution in [0.15, 0.2) is 53.4 Å². The molecule has 0 saturated carbocycles. The van der Waals surface area contributed by atoms with Crippen LogP contribution in [0.4, 0.5) is 5.69 Å². The molecule has 0 radical (unpaired) electrons. The lowest BCUT2D eigenvalue weighted by Gasteiger charge is -2.15. The van der Waals surface area contributed by atoms with Gasteiger partial charge in [-0.2, -0.15) is 0 Å². The maximum atomic E-state index is 13.0. The predicted molar refractivity (Wildman–Crippen MR) is 129 cm³/mol. The molecule has 1 atom stereocenters. The number of nitrogens with zero attached hydrogens (tertiary/aromatic N) is 1. The van der Waals surface area contributed by atoms with E-state index in [1.54, 1.807) is 36.1 Å². The lowest BCUT2D eigenvalue weighted by atomic mass is 10.1. The third-order valence-corrected chi connectivity index (χ3v) is 6.19. The van der Waals surface area contributed by atoms with Crippen molar-refractivity contribution in [2.75, 3.05) is 4.90 Å². The fourth-order valence-electron chi connectivity index (χ4n) is 3.18. The number of hydrogen-bond acceptors (Lipinski definition) is 5. The van der Waals surface area contributed by atoms with E-state index < -0.39 is 12.1 Å². The number of thioether (sulfide) groups is 1. The molecule has 1 heterocycles. The second-order valence-electron chi connectivity index (χ2n) is 7.21. The lowest BCUT2D eigenvalue weighted by Crippen LogP contribution is -2.27. The molecule has 31 heavy (non-hydrogen) atoms. The number of carbonyl (C=O) groups excluding carboxylic acids is 1. The summed E-state index contributed by atoms with van der Waals surface area (Å²) < 4.78 is 6.04. The van der Waals surface area contributed by atoms with Crippen molar-refractivity contribution in [2.24, 2.45) is 0 Å². The average Bonchev–Trinajstić information content (AvgIpc) is 3.03. The van der Waals surface area contributed by atoms with Gasteiger partial charge in [0.05, 0.1) is 10.6 Å². The first-order chi connectivity index (χ1) is 14.9. The zero-order valence-electron chi connectivity index (χ0n) is 17.5. The van der Waals surface area contributed by atoms with E-state index in [1.165, 1.54) is 17.3 Å². The molecule has 3 rings (SSSR count). The van der Waals surface area contributed by atoms with Crippen LogP contribution in [-0.4, -0.2) is 27.4 Å². The highest BCUT2D eigenvalue weighted by Crippen LogP contribution is 2.36. The van der Waals surface area contributed by atoms with E-state index in [4.69, 9.17) is 17.0 Å². The topological polar surface area (TPSA) is 66.8 Å². The lowest BCUT2D eigenvalue weighted by molar-refractivity contribution is -0.145. The first kappa shape index (κ1) is 23.0. The van der Waals surface area contributed by atoms with Crippen LogP contribution in [0.3, 0.4) is 0 Å². The minimum Gasteiger partial charge on any atom is -0.479 e. The molecule has 2 aromatic rings. The monoisotopic (exact) mass is 455 g/mol. The second-order valence-corrected chi connectivity index (χ2v) is 8.89. The summed E-state index contributed by atoms with van der Waals surface area (Å²) in [6.45, 7) is 3.92. The van der Waals surface area contributed by atoms with E-state index in [9.17, 15) is 14.7 Å². The van der Waals surface area contributed by atoms with Gasteiger partial charge in [0.15, 0.2) is 10.4 Å². The van der Waals surface area contributed by atoms with Gasteiger partial charge in [-0.05, 0) is 60.7 Å². The summed E-state index contributed by atoms with van der Waals surface area (Å²) in [4.78, 5) is 26.3. The molecule has 1 N–H and O–H groups in total. The normalized spacial score (nSPS) is 16.1. The number of thiocarbonyl (C=S) groups is 1. The number of unbranched alkanes of at least 4 members (excludes halogenated alkanes) is 1. The van der Waals surface area contributed by atoms with Gasteiger partial charge < -0.3 is 9.84 Å². The van der Waals surface area contributed by atoms with Crippen LogP contribution in [0.2, 0.25) is 0 Å². The second kappa shape index (κ2) is 10.6. The van der Waals surface area contributed by atoms with Crippen LogP contribution < -0.4 is 9.64 Å². The number of rotatable bonds is 9. The zero-order valence-corrected chi connectivity index (χ0v) is 19.2. The Hall–Kier alpha value is -2.64. The van der Waals surface area contributed by atoms with Gasteiger partial charge in [0.25, 0.3) is 5.91 Å². The number of hydrogen-bond donors (Lipinski definition) is 1. The number of carboxylic acids is 1. The minimum atomic E-state index is -1.01. The Morgan fingerprint density at radius 1 is 1.23 bits per heavy atom. The molecule has 1 saturated heterocycles. The highest BCUT2D eigenvalue weighted by molar-refractivity contribution is 8.27. The summed E-state index contributed by atoms with van der Waals surface area (Å²) in [7, 11) is 0. The fourth-order valence-corrected chi connectivity index (χ4v) is 4.48. The first-order valence-corrected chi connectivity index (χ1v) is 11.5. The van der Waals surface area contributed by atoms with Gasteiger partial charge in [-0.15, -0.1) is 0 Å². The molecule has 162 valence electrons. The summed E-state index contributed by atoms with van der Waals surface area (Å²) in [5.41, 5.74) is 2.75. The Kier molecular flexibility index (Phi) is 7.87. The molecule has 0 aliphatic carbocycles. The quantitative estimate of drug-likeness (QED) is 0.388. The smallest absolute Gasteiger partial charge is 0.344 e. The third kappa shape index (κ3) is 5.74. The highest BCUT2D eigenvalue weighted by Gasteiger charge is 2.33. The van der Waals surface area contributed by atoms with Crippen LogP contribution in [0.25, 0.3) is 6.08 Å². The Balaban J connectivity index is 1.77. The number of benzene rings is 2. The molecule has 1 unspecified atom stereocenters. The van der Waals surface area contributed by atoms with Crippen LogP contribution >= 0.6 is 24.0 Å².